The maximum Gasteiger partial charge on any atom is 0.235 e. The number of halogens is 1. The van der Waals surface area contributed by atoms with Crippen LogP contribution in [0, 0.1) is 0 Å². The van der Waals surface area contributed by atoms with E-state index in [1.54, 1.807) is 6.20 Å². The third kappa shape index (κ3) is 1.20. The molecule has 0 amide bonds. The SMILES string of the molecule is Clc1cn2ccc(C3CC3)nc2n1. The molecule has 1 fully saturated rings. The number of rotatable bonds is 1. The molecule has 0 aromatic carbocycles. The lowest BCUT2D eigenvalue weighted by Gasteiger charge is -1.96. The lowest BCUT2D eigenvalue weighted by Crippen LogP contribution is -1.91. The van der Waals surface area contributed by atoms with Gasteiger partial charge >= 0.3 is 0 Å². The molecule has 13 heavy (non-hydrogen) atoms. The summed E-state index contributed by atoms with van der Waals surface area (Å²) in [7, 11) is 0. The smallest absolute Gasteiger partial charge is 0.235 e. The molecule has 1 saturated carbocycles. The van der Waals surface area contributed by atoms with Crippen molar-refractivity contribution in [1.82, 2.24) is 14.4 Å². The van der Waals surface area contributed by atoms with Crippen molar-refractivity contribution in [2.24, 2.45) is 0 Å². The van der Waals surface area contributed by atoms with E-state index in [9.17, 15) is 0 Å². The Morgan fingerprint density at radius 3 is 3.00 bits per heavy atom. The zero-order chi connectivity index (χ0) is 8.84. The molecule has 2 heterocycles. The fraction of sp³-hybridized carbons (Fsp3) is 0.333. The van der Waals surface area contributed by atoms with Gasteiger partial charge in [-0.25, -0.2) is 4.98 Å². The van der Waals surface area contributed by atoms with Gasteiger partial charge in [-0.15, -0.1) is 0 Å². The molecule has 3 nitrogen and oxygen atoms in total. The van der Waals surface area contributed by atoms with Crippen molar-refractivity contribution < 1.29 is 0 Å². The zero-order valence-electron chi connectivity index (χ0n) is 6.94. The first-order valence-corrected chi connectivity index (χ1v) is 4.72. The first-order valence-electron chi connectivity index (χ1n) is 4.34. The zero-order valence-corrected chi connectivity index (χ0v) is 7.70. The van der Waals surface area contributed by atoms with Crippen molar-refractivity contribution in [2.75, 3.05) is 0 Å². The third-order valence-corrected chi connectivity index (χ3v) is 2.50. The van der Waals surface area contributed by atoms with Gasteiger partial charge in [-0.05, 0) is 18.9 Å². The largest absolute Gasteiger partial charge is 0.290 e. The van der Waals surface area contributed by atoms with Gasteiger partial charge in [-0.3, -0.25) is 4.40 Å². The number of hydrogen-bond acceptors (Lipinski definition) is 2. The van der Waals surface area contributed by atoms with Gasteiger partial charge in [0, 0.05) is 24.0 Å². The summed E-state index contributed by atoms with van der Waals surface area (Å²) >= 11 is 5.76. The van der Waals surface area contributed by atoms with Crippen molar-refractivity contribution in [1.29, 1.82) is 0 Å². The maximum atomic E-state index is 5.76. The van der Waals surface area contributed by atoms with Gasteiger partial charge in [0.15, 0.2) is 0 Å². The van der Waals surface area contributed by atoms with Crippen LogP contribution in [0.15, 0.2) is 18.5 Å². The number of imidazole rings is 1. The molecule has 4 heteroatoms. The Bertz CT molecular complexity index is 459. The first-order chi connectivity index (χ1) is 6.33. The van der Waals surface area contributed by atoms with Crippen LogP contribution in [-0.4, -0.2) is 14.4 Å². The average Bonchev–Trinajstić information content (AvgIpc) is 2.87. The molecule has 0 radical (unpaired) electrons. The Morgan fingerprint density at radius 2 is 2.23 bits per heavy atom. The van der Waals surface area contributed by atoms with Crippen LogP contribution in [0.5, 0.6) is 0 Å². The summed E-state index contributed by atoms with van der Waals surface area (Å²) in [4.78, 5) is 8.53. The summed E-state index contributed by atoms with van der Waals surface area (Å²) < 4.78 is 1.84. The second-order valence-electron chi connectivity index (χ2n) is 3.40. The first kappa shape index (κ1) is 7.33. The second kappa shape index (κ2) is 2.45. The predicted molar refractivity (Wildman–Crippen MR) is 50.0 cm³/mol. The van der Waals surface area contributed by atoms with Gasteiger partial charge in [0.05, 0.1) is 0 Å². The summed E-state index contributed by atoms with van der Waals surface area (Å²) in [6, 6.07) is 2.04. The molecule has 3 rings (SSSR count). The molecular formula is C9H8ClN3. The van der Waals surface area contributed by atoms with Crippen LogP contribution in [0.4, 0.5) is 0 Å². The van der Waals surface area contributed by atoms with Crippen LogP contribution in [-0.2, 0) is 0 Å². The minimum absolute atomic E-state index is 0.500. The highest BCUT2D eigenvalue weighted by molar-refractivity contribution is 6.29. The molecule has 0 N–H and O–H groups in total. The Hall–Kier alpha value is -1.09. The lowest BCUT2D eigenvalue weighted by molar-refractivity contribution is 0.983. The predicted octanol–water partition coefficient (Wildman–Crippen LogP) is 2.26. The fourth-order valence-electron chi connectivity index (χ4n) is 1.46. The average molecular weight is 194 g/mol. The summed E-state index contributed by atoms with van der Waals surface area (Å²) in [6.07, 6.45) is 6.25. The van der Waals surface area contributed by atoms with Crippen LogP contribution >= 0.6 is 11.6 Å². The van der Waals surface area contributed by atoms with Crippen molar-refractivity contribution in [2.45, 2.75) is 18.8 Å². The molecule has 0 saturated heterocycles. The van der Waals surface area contributed by atoms with E-state index < -0.39 is 0 Å². The minimum Gasteiger partial charge on any atom is -0.290 e. The van der Waals surface area contributed by atoms with Gasteiger partial charge in [0.2, 0.25) is 5.78 Å². The quantitative estimate of drug-likeness (QED) is 0.696. The third-order valence-electron chi connectivity index (χ3n) is 2.31. The molecule has 2 aromatic rings. The van der Waals surface area contributed by atoms with E-state index in [1.807, 2.05) is 16.7 Å². The Balaban J connectivity index is 2.20. The molecule has 1 aliphatic rings. The minimum atomic E-state index is 0.500. The highest BCUT2D eigenvalue weighted by Crippen LogP contribution is 2.38. The van der Waals surface area contributed by atoms with Crippen LogP contribution in [0.2, 0.25) is 5.15 Å². The molecule has 66 valence electrons. The van der Waals surface area contributed by atoms with Crippen molar-refractivity contribution >= 4 is 17.4 Å². The topological polar surface area (TPSA) is 30.2 Å². The Labute approximate surface area is 80.4 Å². The molecule has 1 aliphatic carbocycles. The van der Waals surface area contributed by atoms with Gasteiger partial charge in [0.1, 0.15) is 5.15 Å². The van der Waals surface area contributed by atoms with E-state index in [1.165, 1.54) is 12.8 Å². The van der Waals surface area contributed by atoms with E-state index in [-0.39, 0.29) is 0 Å². The highest BCUT2D eigenvalue weighted by Gasteiger charge is 2.25. The lowest BCUT2D eigenvalue weighted by atomic mass is 10.3. The van der Waals surface area contributed by atoms with Gasteiger partial charge in [-0.1, -0.05) is 11.6 Å². The standard InChI is InChI=1S/C9H8ClN3/c10-8-5-13-4-3-7(6-1-2-6)11-9(13)12-8/h3-6H,1-2H2. The summed E-state index contributed by atoms with van der Waals surface area (Å²) in [5.41, 5.74) is 1.15. The molecule has 0 spiro atoms. The van der Waals surface area contributed by atoms with Crippen LogP contribution < -0.4 is 0 Å². The van der Waals surface area contributed by atoms with E-state index in [4.69, 9.17) is 11.6 Å². The summed E-state index contributed by atoms with van der Waals surface area (Å²) in [5.74, 6) is 1.37. The van der Waals surface area contributed by atoms with Crippen LogP contribution in [0.25, 0.3) is 5.78 Å². The Morgan fingerprint density at radius 1 is 1.38 bits per heavy atom. The normalized spacial score (nSPS) is 16.7. The monoisotopic (exact) mass is 193 g/mol. The molecule has 0 unspecified atom stereocenters. The molecule has 0 atom stereocenters. The number of nitrogens with zero attached hydrogens (tertiary/aromatic N) is 3. The molecule has 0 aliphatic heterocycles. The van der Waals surface area contributed by atoms with Gasteiger partial charge < -0.3 is 0 Å². The van der Waals surface area contributed by atoms with Crippen molar-refractivity contribution in [3.63, 3.8) is 0 Å². The van der Waals surface area contributed by atoms with Crippen molar-refractivity contribution in [3.8, 4) is 0 Å². The van der Waals surface area contributed by atoms with Gasteiger partial charge in [-0.2, -0.15) is 4.98 Å². The number of fused-ring (bicyclic) bond motifs is 1. The summed E-state index contributed by atoms with van der Waals surface area (Å²) in [6.45, 7) is 0. The molecule has 0 bridgehead atoms. The highest BCUT2D eigenvalue weighted by atomic mass is 35.5. The van der Waals surface area contributed by atoms with E-state index in [2.05, 4.69) is 9.97 Å². The second-order valence-corrected chi connectivity index (χ2v) is 3.78. The Kier molecular flexibility index (Phi) is 1.38. The number of aromatic nitrogens is 3. The van der Waals surface area contributed by atoms with Crippen LogP contribution in [0.1, 0.15) is 24.5 Å². The maximum absolute atomic E-state index is 5.76. The molecular weight excluding hydrogens is 186 g/mol. The van der Waals surface area contributed by atoms with Crippen LogP contribution in [0.3, 0.4) is 0 Å². The van der Waals surface area contributed by atoms with E-state index in [0.29, 0.717) is 16.8 Å². The summed E-state index contributed by atoms with van der Waals surface area (Å²) in [5, 5.41) is 0.500. The molecule has 2 aromatic heterocycles. The van der Waals surface area contributed by atoms with Gasteiger partial charge in [0.25, 0.3) is 0 Å². The number of hydrogen-bond donors (Lipinski definition) is 0. The van der Waals surface area contributed by atoms with E-state index in [0.717, 1.165) is 5.69 Å². The van der Waals surface area contributed by atoms with E-state index >= 15 is 0 Å². The fourth-order valence-corrected chi connectivity index (χ4v) is 1.64. The van der Waals surface area contributed by atoms with Crippen molar-refractivity contribution in [3.05, 3.63) is 29.3 Å².